The maximum Gasteiger partial charge on any atom is 0.325 e. The summed E-state index contributed by atoms with van der Waals surface area (Å²) < 4.78 is 28.8. The van der Waals surface area contributed by atoms with E-state index in [0.29, 0.717) is 24.1 Å². The molecule has 1 spiro atoms. The number of amides is 4. The van der Waals surface area contributed by atoms with E-state index in [1.54, 1.807) is 25.1 Å². The fourth-order valence-electron chi connectivity index (χ4n) is 4.58. The zero-order chi connectivity index (χ0) is 24.7. The number of urea groups is 1. The number of rotatable bonds is 6. The van der Waals surface area contributed by atoms with E-state index in [9.17, 15) is 22.8 Å². The molecule has 1 saturated carbocycles. The molecule has 0 radical (unpaired) electrons. The average Bonchev–Trinajstić information content (AvgIpc) is 3.32. The fraction of sp³-hybridized carbons (Fsp3) is 0.375. The summed E-state index contributed by atoms with van der Waals surface area (Å²) in [5, 5.41) is 5.34. The average molecular weight is 485 g/mol. The lowest BCUT2D eigenvalue weighted by Gasteiger charge is -2.20. The molecule has 3 N–H and O–H groups in total. The number of sulfonamides is 1. The van der Waals surface area contributed by atoms with Gasteiger partial charge in [0, 0.05) is 5.69 Å². The molecule has 2 aromatic rings. The van der Waals surface area contributed by atoms with Gasteiger partial charge in [0.15, 0.2) is 0 Å². The maximum absolute atomic E-state index is 13.1. The Bertz CT molecular complexity index is 1280. The van der Waals surface area contributed by atoms with Gasteiger partial charge in [-0.3, -0.25) is 19.2 Å². The van der Waals surface area contributed by atoms with Gasteiger partial charge in [-0.1, -0.05) is 36.6 Å². The van der Waals surface area contributed by atoms with Gasteiger partial charge >= 0.3 is 6.03 Å². The number of aryl methyl sites for hydroxylation is 3. The molecule has 10 heteroatoms. The van der Waals surface area contributed by atoms with Gasteiger partial charge in [-0.15, -0.1) is 0 Å². The Morgan fingerprint density at radius 3 is 2.41 bits per heavy atom. The van der Waals surface area contributed by atoms with Crippen molar-refractivity contribution in [2.45, 2.75) is 56.9 Å². The molecule has 4 rings (SSSR count). The molecular weight excluding hydrogens is 456 g/mol. The van der Waals surface area contributed by atoms with Crippen LogP contribution in [0.5, 0.6) is 0 Å². The first-order valence-corrected chi connectivity index (χ1v) is 12.6. The smallest absolute Gasteiger partial charge is 0.324 e. The summed E-state index contributed by atoms with van der Waals surface area (Å²) in [6.45, 7) is 4.97. The summed E-state index contributed by atoms with van der Waals surface area (Å²) >= 11 is 0. The second-order valence-electron chi connectivity index (χ2n) is 9.06. The molecular formula is C24H28N4O5S. The lowest BCUT2D eigenvalue weighted by molar-refractivity contribution is -0.133. The quantitative estimate of drug-likeness (QED) is 0.543. The molecule has 0 bridgehead atoms. The number of anilines is 2. The van der Waals surface area contributed by atoms with Crippen LogP contribution >= 0.6 is 0 Å². The summed E-state index contributed by atoms with van der Waals surface area (Å²) in [7, 11) is -3.92. The van der Waals surface area contributed by atoms with Gasteiger partial charge in [0.2, 0.25) is 5.91 Å². The van der Waals surface area contributed by atoms with E-state index in [1.807, 2.05) is 26.0 Å². The monoisotopic (exact) mass is 484 g/mol. The van der Waals surface area contributed by atoms with Crippen molar-refractivity contribution >= 4 is 39.2 Å². The van der Waals surface area contributed by atoms with Crippen LogP contribution in [0.4, 0.5) is 16.2 Å². The second kappa shape index (κ2) is 8.75. The number of carbonyl (C=O) groups is 3. The molecule has 2 aromatic carbocycles. The summed E-state index contributed by atoms with van der Waals surface area (Å²) in [5.41, 5.74) is 2.15. The minimum atomic E-state index is -3.92. The lowest BCUT2D eigenvalue weighted by atomic mass is 9.98. The van der Waals surface area contributed by atoms with E-state index in [1.165, 1.54) is 6.07 Å². The van der Waals surface area contributed by atoms with Crippen LogP contribution in [0.25, 0.3) is 0 Å². The van der Waals surface area contributed by atoms with Crippen molar-refractivity contribution in [3.8, 4) is 0 Å². The van der Waals surface area contributed by atoms with Crippen LogP contribution in [0.15, 0.2) is 41.3 Å². The second-order valence-corrected chi connectivity index (χ2v) is 10.7. The van der Waals surface area contributed by atoms with Crippen molar-refractivity contribution in [2.24, 2.45) is 0 Å². The molecule has 34 heavy (non-hydrogen) atoms. The molecule has 2 fully saturated rings. The molecule has 4 amide bonds. The van der Waals surface area contributed by atoms with Gasteiger partial charge in [-0.25, -0.2) is 13.2 Å². The zero-order valence-corrected chi connectivity index (χ0v) is 20.2. The summed E-state index contributed by atoms with van der Waals surface area (Å²) in [6, 6.07) is 9.36. The predicted molar refractivity (Wildman–Crippen MR) is 128 cm³/mol. The van der Waals surface area contributed by atoms with Crippen molar-refractivity contribution in [3.05, 3.63) is 53.1 Å². The van der Waals surface area contributed by atoms with Crippen molar-refractivity contribution in [2.75, 3.05) is 16.6 Å². The fourth-order valence-corrected chi connectivity index (χ4v) is 5.98. The zero-order valence-electron chi connectivity index (χ0n) is 19.4. The largest absolute Gasteiger partial charge is 0.325 e. The van der Waals surface area contributed by atoms with E-state index in [0.717, 1.165) is 28.9 Å². The van der Waals surface area contributed by atoms with E-state index < -0.39 is 34.0 Å². The number of hydrogen-bond acceptors (Lipinski definition) is 5. The molecule has 1 aliphatic carbocycles. The minimum absolute atomic E-state index is 0.0187. The van der Waals surface area contributed by atoms with Crippen LogP contribution in [0.3, 0.4) is 0 Å². The molecule has 1 saturated heterocycles. The Morgan fingerprint density at radius 2 is 1.74 bits per heavy atom. The van der Waals surface area contributed by atoms with Crippen LogP contribution in [0.2, 0.25) is 0 Å². The molecule has 1 aliphatic heterocycles. The Kier molecular flexibility index (Phi) is 6.11. The van der Waals surface area contributed by atoms with Gasteiger partial charge in [0.1, 0.15) is 12.1 Å². The first-order chi connectivity index (χ1) is 16.0. The molecule has 1 heterocycles. The maximum atomic E-state index is 13.1. The van der Waals surface area contributed by atoms with E-state index in [2.05, 4.69) is 15.4 Å². The number of hydrogen-bond donors (Lipinski definition) is 3. The van der Waals surface area contributed by atoms with E-state index in [4.69, 9.17) is 0 Å². The molecule has 180 valence electrons. The van der Waals surface area contributed by atoms with Gasteiger partial charge in [-0.05, 0) is 62.9 Å². The molecule has 0 atom stereocenters. The SMILES string of the molecule is Cc1ccc(NS(=O)(=O)c2cc(NC(=O)CN3C(=O)NC4(CCCC4)C3=O)ccc2C)c(C)c1. The Morgan fingerprint density at radius 1 is 1.03 bits per heavy atom. The van der Waals surface area contributed by atoms with Crippen LogP contribution < -0.4 is 15.4 Å². The number of carbonyl (C=O) groups excluding carboxylic acids is 3. The predicted octanol–water partition coefficient (Wildman–Crippen LogP) is 3.22. The minimum Gasteiger partial charge on any atom is -0.324 e. The number of nitrogens with zero attached hydrogens (tertiary/aromatic N) is 1. The number of benzene rings is 2. The van der Waals surface area contributed by atoms with Crippen molar-refractivity contribution < 1.29 is 22.8 Å². The summed E-state index contributed by atoms with van der Waals surface area (Å²) in [4.78, 5) is 38.6. The highest BCUT2D eigenvalue weighted by Gasteiger charge is 2.52. The molecule has 2 aliphatic rings. The third-order valence-electron chi connectivity index (χ3n) is 6.39. The van der Waals surface area contributed by atoms with Gasteiger partial charge < -0.3 is 10.6 Å². The topological polar surface area (TPSA) is 125 Å². The van der Waals surface area contributed by atoms with E-state index in [-0.39, 0.29) is 16.5 Å². The van der Waals surface area contributed by atoms with E-state index >= 15 is 0 Å². The summed E-state index contributed by atoms with van der Waals surface area (Å²) in [5.74, 6) is -0.969. The highest BCUT2D eigenvalue weighted by atomic mass is 32.2. The Hall–Kier alpha value is -3.40. The number of nitrogens with one attached hydrogen (secondary N) is 3. The third-order valence-corrected chi connectivity index (χ3v) is 7.90. The van der Waals surface area contributed by atoms with Crippen molar-refractivity contribution in [1.82, 2.24) is 10.2 Å². The Balaban J connectivity index is 1.49. The van der Waals surface area contributed by atoms with Gasteiger partial charge in [-0.2, -0.15) is 0 Å². The van der Waals surface area contributed by atoms with Crippen LogP contribution in [0, 0.1) is 20.8 Å². The first-order valence-electron chi connectivity index (χ1n) is 11.2. The summed E-state index contributed by atoms with van der Waals surface area (Å²) in [6.07, 6.45) is 2.84. The van der Waals surface area contributed by atoms with Crippen molar-refractivity contribution in [3.63, 3.8) is 0 Å². The van der Waals surface area contributed by atoms with Gasteiger partial charge in [0.25, 0.3) is 15.9 Å². The third kappa shape index (κ3) is 4.50. The highest BCUT2D eigenvalue weighted by molar-refractivity contribution is 7.92. The van der Waals surface area contributed by atoms with Crippen LogP contribution in [-0.2, 0) is 19.6 Å². The molecule has 0 unspecified atom stereocenters. The molecule has 0 aromatic heterocycles. The Labute approximate surface area is 199 Å². The van der Waals surface area contributed by atoms with Crippen LogP contribution in [-0.4, -0.2) is 43.2 Å². The van der Waals surface area contributed by atoms with Gasteiger partial charge in [0.05, 0.1) is 10.6 Å². The first kappa shape index (κ1) is 23.7. The lowest BCUT2D eigenvalue weighted by Crippen LogP contribution is -2.44. The normalized spacial score (nSPS) is 17.2. The highest BCUT2D eigenvalue weighted by Crippen LogP contribution is 2.35. The van der Waals surface area contributed by atoms with Crippen LogP contribution in [0.1, 0.15) is 42.4 Å². The molecule has 9 nitrogen and oxygen atoms in total. The van der Waals surface area contributed by atoms with Crippen molar-refractivity contribution in [1.29, 1.82) is 0 Å². The number of imide groups is 1. The standard InChI is InChI=1S/C24H28N4O5S/c1-15-6-9-19(17(3)12-15)27-34(32,33)20-13-18(8-7-16(20)2)25-21(29)14-28-22(30)24(26-23(28)31)10-4-5-11-24/h6-9,12-13,27H,4-5,10-11,14H2,1-3H3,(H,25,29)(H,26,31).